The van der Waals surface area contributed by atoms with Crippen LogP contribution in [0.5, 0.6) is 0 Å². The van der Waals surface area contributed by atoms with Crippen molar-refractivity contribution in [2.75, 3.05) is 33.9 Å². The zero-order valence-electron chi connectivity index (χ0n) is 11.1. The molecule has 1 aromatic heterocycles. The van der Waals surface area contributed by atoms with Crippen molar-refractivity contribution in [2.24, 2.45) is 7.05 Å². The van der Waals surface area contributed by atoms with E-state index in [0.717, 1.165) is 18.8 Å². The topological polar surface area (TPSA) is 43.7 Å². The standard InChI is InChI=1S/C13H20N2O3/c1-14-6-4-5-10(14)11(16)7-15-8-12(17-2)13(9-15)18-3/h4-6,12-13H,7-9H2,1-3H3. The molecule has 2 heterocycles. The number of rotatable bonds is 5. The number of Topliss-reactive ketones (excluding diaryl/α,β-unsaturated/α-hetero) is 1. The lowest BCUT2D eigenvalue weighted by atomic mass is 10.2. The number of methoxy groups -OCH3 is 2. The molecule has 0 amide bonds. The van der Waals surface area contributed by atoms with Gasteiger partial charge in [0.15, 0.2) is 5.78 Å². The van der Waals surface area contributed by atoms with Crippen LogP contribution >= 0.6 is 0 Å². The van der Waals surface area contributed by atoms with Gasteiger partial charge < -0.3 is 14.0 Å². The van der Waals surface area contributed by atoms with Gasteiger partial charge in [-0.2, -0.15) is 0 Å². The second kappa shape index (κ2) is 5.65. The van der Waals surface area contributed by atoms with Crippen LogP contribution in [-0.4, -0.2) is 61.3 Å². The Labute approximate surface area is 107 Å². The molecule has 100 valence electrons. The summed E-state index contributed by atoms with van der Waals surface area (Å²) in [5, 5.41) is 0. The zero-order chi connectivity index (χ0) is 13.1. The molecule has 0 saturated carbocycles. The molecule has 2 rings (SSSR count). The minimum Gasteiger partial charge on any atom is -0.377 e. The summed E-state index contributed by atoms with van der Waals surface area (Å²) >= 11 is 0. The SMILES string of the molecule is COC1CN(CC(=O)c2cccn2C)CC1OC. The molecule has 0 bridgehead atoms. The van der Waals surface area contributed by atoms with Gasteiger partial charge in [0.2, 0.25) is 0 Å². The quantitative estimate of drug-likeness (QED) is 0.718. The normalized spacial score (nSPS) is 24.6. The maximum atomic E-state index is 12.1. The number of hydrogen-bond donors (Lipinski definition) is 0. The van der Waals surface area contributed by atoms with Crippen molar-refractivity contribution in [2.45, 2.75) is 12.2 Å². The number of nitrogens with zero attached hydrogens (tertiary/aromatic N) is 2. The predicted molar refractivity (Wildman–Crippen MR) is 67.8 cm³/mol. The summed E-state index contributed by atoms with van der Waals surface area (Å²) in [5.74, 6) is 0.133. The maximum absolute atomic E-state index is 12.1. The second-order valence-electron chi connectivity index (χ2n) is 4.67. The monoisotopic (exact) mass is 252 g/mol. The fraction of sp³-hybridized carbons (Fsp3) is 0.615. The third-order valence-corrected chi connectivity index (χ3v) is 3.49. The van der Waals surface area contributed by atoms with E-state index >= 15 is 0 Å². The number of carbonyl (C=O) groups is 1. The molecule has 0 aliphatic carbocycles. The largest absolute Gasteiger partial charge is 0.377 e. The van der Waals surface area contributed by atoms with Crippen molar-refractivity contribution < 1.29 is 14.3 Å². The number of carbonyl (C=O) groups excluding carboxylic acids is 1. The summed E-state index contributed by atoms with van der Waals surface area (Å²) in [5.41, 5.74) is 0.741. The van der Waals surface area contributed by atoms with Crippen molar-refractivity contribution in [1.82, 2.24) is 9.47 Å². The third kappa shape index (κ3) is 2.63. The molecule has 5 nitrogen and oxygen atoms in total. The Morgan fingerprint density at radius 3 is 2.39 bits per heavy atom. The van der Waals surface area contributed by atoms with Crippen molar-refractivity contribution in [3.8, 4) is 0 Å². The van der Waals surface area contributed by atoms with Gasteiger partial charge in [-0.1, -0.05) is 0 Å². The van der Waals surface area contributed by atoms with Gasteiger partial charge in [0, 0.05) is 40.6 Å². The van der Waals surface area contributed by atoms with Gasteiger partial charge in [0.1, 0.15) is 0 Å². The highest BCUT2D eigenvalue weighted by atomic mass is 16.5. The lowest BCUT2D eigenvalue weighted by Crippen LogP contribution is -2.29. The lowest BCUT2D eigenvalue weighted by Gasteiger charge is -2.14. The molecule has 1 fully saturated rings. The summed E-state index contributed by atoms with van der Waals surface area (Å²) in [4.78, 5) is 14.2. The molecule has 0 N–H and O–H groups in total. The van der Waals surface area contributed by atoms with Crippen molar-refractivity contribution >= 4 is 5.78 Å². The minimum atomic E-state index is 0.0520. The van der Waals surface area contributed by atoms with E-state index in [9.17, 15) is 4.79 Å². The van der Waals surface area contributed by atoms with Crippen LogP contribution in [0.2, 0.25) is 0 Å². The average Bonchev–Trinajstić information content (AvgIpc) is 2.94. The van der Waals surface area contributed by atoms with Crippen LogP contribution < -0.4 is 0 Å². The first-order valence-corrected chi connectivity index (χ1v) is 6.08. The predicted octanol–water partition coefficient (Wildman–Crippen LogP) is 0.553. The first-order valence-electron chi connectivity index (χ1n) is 6.08. The first kappa shape index (κ1) is 13.3. The summed E-state index contributed by atoms with van der Waals surface area (Å²) in [7, 11) is 5.24. The van der Waals surface area contributed by atoms with E-state index in [4.69, 9.17) is 9.47 Å². The number of likely N-dealkylation sites (tertiary alicyclic amines) is 1. The molecule has 0 aromatic carbocycles. The molecule has 5 heteroatoms. The average molecular weight is 252 g/mol. The Morgan fingerprint density at radius 1 is 1.33 bits per heavy atom. The molecule has 18 heavy (non-hydrogen) atoms. The molecule has 1 aliphatic heterocycles. The van der Waals surface area contributed by atoms with Crippen LogP contribution in [0.1, 0.15) is 10.5 Å². The van der Waals surface area contributed by atoms with Crippen LogP contribution in [0.15, 0.2) is 18.3 Å². The van der Waals surface area contributed by atoms with Gasteiger partial charge in [-0.3, -0.25) is 9.69 Å². The summed E-state index contributed by atoms with van der Waals surface area (Å²) in [6.45, 7) is 1.90. The van der Waals surface area contributed by atoms with E-state index in [2.05, 4.69) is 4.90 Å². The van der Waals surface area contributed by atoms with Crippen LogP contribution in [-0.2, 0) is 16.5 Å². The van der Waals surface area contributed by atoms with Gasteiger partial charge in [0.25, 0.3) is 0 Å². The fourth-order valence-electron chi connectivity index (χ4n) is 2.44. The van der Waals surface area contributed by atoms with Gasteiger partial charge in [-0.25, -0.2) is 0 Å². The van der Waals surface area contributed by atoms with E-state index in [-0.39, 0.29) is 18.0 Å². The Balaban J connectivity index is 1.95. The summed E-state index contributed by atoms with van der Waals surface area (Å²) < 4.78 is 12.6. The third-order valence-electron chi connectivity index (χ3n) is 3.49. The van der Waals surface area contributed by atoms with E-state index in [0.29, 0.717) is 6.54 Å². The fourth-order valence-corrected chi connectivity index (χ4v) is 2.44. The van der Waals surface area contributed by atoms with Gasteiger partial charge >= 0.3 is 0 Å². The zero-order valence-corrected chi connectivity index (χ0v) is 11.1. The van der Waals surface area contributed by atoms with Crippen molar-refractivity contribution in [1.29, 1.82) is 0 Å². The van der Waals surface area contributed by atoms with Crippen LogP contribution in [0.4, 0.5) is 0 Å². The van der Waals surface area contributed by atoms with E-state index in [1.165, 1.54) is 0 Å². The molecule has 1 aromatic rings. The molecule has 1 aliphatic rings. The first-order chi connectivity index (χ1) is 8.65. The maximum Gasteiger partial charge on any atom is 0.193 e. The highest BCUT2D eigenvalue weighted by molar-refractivity contribution is 5.96. The molecule has 2 unspecified atom stereocenters. The number of ketones is 1. The molecule has 0 spiro atoms. The lowest BCUT2D eigenvalue weighted by molar-refractivity contribution is -0.00461. The van der Waals surface area contributed by atoms with Crippen molar-refractivity contribution in [3.05, 3.63) is 24.0 Å². The van der Waals surface area contributed by atoms with Crippen LogP contribution in [0.25, 0.3) is 0 Å². The number of aromatic nitrogens is 1. The molecular formula is C13H20N2O3. The smallest absolute Gasteiger partial charge is 0.193 e. The Hall–Kier alpha value is -1.17. The van der Waals surface area contributed by atoms with E-state index < -0.39 is 0 Å². The van der Waals surface area contributed by atoms with Crippen LogP contribution in [0, 0.1) is 0 Å². The van der Waals surface area contributed by atoms with Gasteiger partial charge in [-0.15, -0.1) is 0 Å². The number of aryl methyl sites for hydroxylation is 1. The molecular weight excluding hydrogens is 232 g/mol. The summed E-state index contributed by atoms with van der Waals surface area (Å²) in [6.07, 6.45) is 1.99. The Kier molecular flexibility index (Phi) is 4.16. The number of ether oxygens (including phenoxy) is 2. The highest BCUT2D eigenvalue weighted by Crippen LogP contribution is 2.16. The van der Waals surface area contributed by atoms with Gasteiger partial charge in [-0.05, 0) is 12.1 Å². The van der Waals surface area contributed by atoms with E-state index in [1.54, 1.807) is 14.2 Å². The van der Waals surface area contributed by atoms with Gasteiger partial charge in [0.05, 0.1) is 24.4 Å². The van der Waals surface area contributed by atoms with E-state index in [1.807, 2.05) is 29.9 Å². The molecule has 1 saturated heterocycles. The second-order valence-corrected chi connectivity index (χ2v) is 4.67. The molecule has 2 atom stereocenters. The number of hydrogen-bond acceptors (Lipinski definition) is 4. The Bertz CT molecular complexity index is 404. The summed E-state index contributed by atoms with van der Waals surface area (Å²) in [6, 6.07) is 3.73. The van der Waals surface area contributed by atoms with Crippen molar-refractivity contribution in [3.63, 3.8) is 0 Å². The Morgan fingerprint density at radius 2 is 1.94 bits per heavy atom. The van der Waals surface area contributed by atoms with Crippen LogP contribution in [0.3, 0.4) is 0 Å². The molecule has 0 radical (unpaired) electrons. The highest BCUT2D eigenvalue weighted by Gasteiger charge is 2.33. The minimum absolute atomic E-state index is 0.0520.